The number of fused-ring (bicyclic) bond motifs is 3. The summed E-state index contributed by atoms with van der Waals surface area (Å²) >= 11 is 6.05. The second kappa shape index (κ2) is 6.10. The Bertz CT molecular complexity index is 662. The lowest BCUT2D eigenvalue weighted by Crippen LogP contribution is -2.38. The molecule has 1 amide bonds. The van der Waals surface area contributed by atoms with Gasteiger partial charge < -0.3 is 10.3 Å². The molecule has 0 saturated carbocycles. The number of hydrogen-bond donors (Lipinski definition) is 2. The average molecular weight is 305 g/mol. The van der Waals surface area contributed by atoms with Gasteiger partial charge in [0.25, 0.3) is 0 Å². The van der Waals surface area contributed by atoms with E-state index in [0.29, 0.717) is 6.42 Å². The van der Waals surface area contributed by atoms with Gasteiger partial charge in [-0.05, 0) is 43.4 Å². The number of H-pyrrole nitrogens is 1. The zero-order chi connectivity index (χ0) is 14.8. The molecule has 0 bridgehead atoms. The summed E-state index contributed by atoms with van der Waals surface area (Å²) in [5.41, 5.74) is 3.74. The number of hydrogen-bond acceptors (Lipinski definition) is 1. The quantitative estimate of drug-likeness (QED) is 0.881. The number of halogens is 1. The largest absolute Gasteiger partial charge is 0.358 e. The molecule has 1 aromatic heterocycles. The molecule has 1 heterocycles. The molecule has 3 rings (SSSR count). The summed E-state index contributed by atoms with van der Waals surface area (Å²) < 4.78 is 0. The van der Waals surface area contributed by atoms with Crippen LogP contribution in [0.5, 0.6) is 0 Å². The molecule has 1 aliphatic rings. The highest BCUT2D eigenvalue weighted by Gasteiger charge is 2.23. The first-order valence-electron chi connectivity index (χ1n) is 7.75. The Kier molecular flexibility index (Phi) is 4.20. The normalized spacial score (nSPS) is 17.7. The second-order valence-electron chi connectivity index (χ2n) is 5.88. The van der Waals surface area contributed by atoms with Gasteiger partial charge in [-0.2, -0.15) is 0 Å². The van der Waals surface area contributed by atoms with Crippen LogP contribution in [0.4, 0.5) is 0 Å². The molecule has 0 aliphatic heterocycles. The van der Waals surface area contributed by atoms with Crippen LogP contribution in [-0.2, 0) is 17.6 Å². The van der Waals surface area contributed by atoms with Crippen molar-refractivity contribution in [3.63, 3.8) is 0 Å². The molecular weight excluding hydrogens is 284 g/mol. The van der Waals surface area contributed by atoms with Crippen molar-refractivity contribution in [2.75, 3.05) is 0 Å². The minimum absolute atomic E-state index is 0.188. The number of amides is 1. The number of rotatable bonds is 4. The van der Waals surface area contributed by atoms with Gasteiger partial charge in [-0.3, -0.25) is 4.79 Å². The molecule has 3 nitrogen and oxygen atoms in total. The summed E-state index contributed by atoms with van der Waals surface area (Å²) in [6.07, 6.45) is 5.57. The van der Waals surface area contributed by atoms with Crippen molar-refractivity contribution in [2.24, 2.45) is 0 Å². The summed E-state index contributed by atoms with van der Waals surface area (Å²) in [4.78, 5) is 15.4. The third kappa shape index (κ3) is 3.08. The maximum atomic E-state index is 11.9. The molecule has 1 unspecified atom stereocenters. The molecule has 0 saturated heterocycles. The number of benzene rings is 1. The van der Waals surface area contributed by atoms with Crippen LogP contribution in [0.25, 0.3) is 10.9 Å². The van der Waals surface area contributed by atoms with E-state index in [4.69, 9.17) is 11.6 Å². The lowest BCUT2D eigenvalue weighted by molar-refractivity contribution is -0.122. The molecule has 4 heteroatoms. The van der Waals surface area contributed by atoms with Gasteiger partial charge >= 0.3 is 0 Å². The SMILES string of the molecule is CCCCC(=O)NC1CCc2[nH]c3cc(Cl)ccc3c2C1. The number of aromatic amines is 1. The third-order valence-electron chi connectivity index (χ3n) is 4.27. The van der Waals surface area contributed by atoms with Crippen LogP contribution in [0.2, 0.25) is 5.02 Å². The van der Waals surface area contributed by atoms with Crippen LogP contribution in [0.15, 0.2) is 18.2 Å². The summed E-state index contributed by atoms with van der Waals surface area (Å²) in [6.45, 7) is 2.11. The molecule has 112 valence electrons. The maximum Gasteiger partial charge on any atom is 0.220 e. The van der Waals surface area contributed by atoms with Crippen LogP contribution in [0.1, 0.15) is 43.9 Å². The predicted molar refractivity (Wildman–Crippen MR) is 86.8 cm³/mol. The van der Waals surface area contributed by atoms with E-state index >= 15 is 0 Å². The molecule has 1 atom stereocenters. The number of aryl methyl sites for hydroxylation is 1. The Morgan fingerprint density at radius 1 is 1.48 bits per heavy atom. The molecule has 2 N–H and O–H groups in total. The number of nitrogens with one attached hydrogen (secondary N) is 2. The van der Waals surface area contributed by atoms with Gasteiger partial charge in [-0.15, -0.1) is 0 Å². The monoisotopic (exact) mass is 304 g/mol. The van der Waals surface area contributed by atoms with Crippen LogP contribution < -0.4 is 5.32 Å². The maximum absolute atomic E-state index is 11.9. The number of aromatic nitrogens is 1. The Labute approximate surface area is 130 Å². The number of carbonyl (C=O) groups excluding carboxylic acids is 1. The van der Waals surface area contributed by atoms with Crippen molar-refractivity contribution in [3.8, 4) is 0 Å². The first-order chi connectivity index (χ1) is 10.2. The van der Waals surface area contributed by atoms with E-state index in [1.807, 2.05) is 12.1 Å². The van der Waals surface area contributed by atoms with E-state index in [1.165, 1.54) is 16.6 Å². The van der Waals surface area contributed by atoms with E-state index in [2.05, 4.69) is 23.3 Å². The van der Waals surface area contributed by atoms with Gasteiger partial charge in [-0.25, -0.2) is 0 Å². The van der Waals surface area contributed by atoms with Crippen molar-refractivity contribution in [2.45, 2.75) is 51.5 Å². The van der Waals surface area contributed by atoms with E-state index < -0.39 is 0 Å². The van der Waals surface area contributed by atoms with Gasteiger partial charge in [0, 0.05) is 34.1 Å². The Morgan fingerprint density at radius 2 is 2.33 bits per heavy atom. The molecule has 1 aliphatic carbocycles. The summed E-state index contributed by atoms with van der Waals surface area (Å²) in [6, 6.07) is 6.25. The van der Waals surface area contributed by atoms with Crippen molar-refractivity contribution in [1.29, 1.82) is 0 Å². The third-order valence-corrected chi connectivity index (χ3v) is 4.51. The van der Waals surface area contributed by atoms with Crippen LogP contribution in [0, 0.1) is 0 Å². The number of unbranched alkanes of at least 4 members (excludes halogenated alkanes) is 1. The van der Waals surface area contributed by atoms with Crippen LogP contribution in [-0.4, -0.2) is 16.9 Å². The van der Waals surface area contributed by atoms with Gasteiger partial charge in [0.15, 0.2) is 0 Å². The molecule has 21 heavy (non-hydrogen) atoms. The van der Waals surface area contributed by atoms with Crippen molar-refractivity contribution in [3.05, 3.63) is 34.5 Å². The molecule has 1 aromatic carbocycles. The second-order valence-corrected chi connectivity index (χ2v) is 6.32. The Morgan fingerprint density at radius 3 is 3.14 bits per heavy atom. The van der Waals surface area contributed by atoms with Gasteiger partial charge in [0.1, 0.15) is 0 Å². The highest BCUT2D eigenvalue weighted by Crippen LogP contribution is 2.30. The topological polar surface area (TPSA) is 44.9 Å². The molecule has 0 radical (unpaired) electrons. The van der Waals surface area contributed by atoms with Crippen LogP contribution >= 0.6 is 11.6 Å². The first kappa shape index (κ1) is 14.5. The predicted octanol–water partition coefficient (Wildman–Crippen LogP) is 3.99. The van der Waals surface area contributed by atoms with E-state index in [9.17, 15) is 4.79 Å². The fourth-order valence-electron chi connectivity index (χ4n) is 3.16. The summed E-state index contributed by atoms with van der Waals surface area (Å²) in [7, 11) is 0. The lowest BCUT2D eigenvalue weighted by Gasteiger charge is -2.23. The first-order valence-corrected chi connectivity index (χ1v) is 8.13. The van der Waals surface area contributed by atoms with Crippen LogP contribution in [0.3, 0.4) is 0 Å². The molecule has 0 fully saturated rings. The highest BCUT2D eigenvalue weighted by molar-refractivity contribution is 6.31. The zero-order valence-electron chi connectivity index (χ0n) is 12.3. The fraction of sp³-hybridized carbons (Fsp3) is 0.471. The van der Waals surface area contributed by atoms with Crippen molar-refractivity contribution in [1.82, 2.24) is 10.3 Å². The summed E-state index contributed by atoms with van der Waals surface area (Å²) in [5, 5.41) is 5.17. The van der Waals surface area contributed by atoms with Crippen molar-refractivity contribution < 1.29 is 4.79 Å². The molecule has 0 spiro atoms. The minimum Gasteiger partial charge on any atom is -0.358 e. The zero-order valence-corrected chi connectivity index (χ0v) is 13.1. The van der Waals surface area contributed by atoms with E-state index in [-0.39, 0.29) is 11.9 Å². The highest BCUT2D eigenvalue weighted by atomic mass is 35.5. The smallest absolute Gasteiger partial charge is 0.220 e. The fourth-order valence-corrected chi connectivity index (χ4v) is 3.33. The Balaban J connectivity index is 1.75. The minimum atomic E-state index is 0.188. The van der Waals surface area contributed by atoms with E-state index in [0.717, 1.165) is 42.6 Å². The standard InChI is InChI=1S/C17H21ClN2O/c1-2-3-4-17(21)19-12-6-8-15-14(10-12)13-7-5-11(18)9-16(13)20-15/h5,7,9,12,20H,2-4,6,8,10H2,1H3,(H,19,21). The number of carbonyl (C=O) groups is 1. The van der Waals surface area contributed by atoms with Gasteiger partial charge in [0.2, 0.25) is 5.91 Å². The van der Waals surface area contributed by atoms with E-state index in [1.54, 1.807) is 0 Å². The molecule has 2 aromatic rings. The van der Waals surface area contributed by atoms with Gasteiger partial charge in [-0.1, -0.05) is 31.0 Å². The summed E-state index contributed by atoms with van der Waals surface area (Å²) in [5.74, 6) is 0.188. The average Bonchev–Trinajstić information content (AvgIpc) is 2.82. The molecular formula is C17H21ClN2O. The van der Waals surface area contributed by atoms with Gasteiger partial charge in [0.05, 0.1) is 0 Å². The Hall–Kier alpha value is -1.48. The lowest BCUT2D eigenvalue weighted by atomic mass is 9.91. The van der Waals surface area contributed by atoms with Crippen molar-refractivity contribution >= 4 is 28.4 Å².